The molecule has 0 fully saturated rings. The third-order valence-electron chi connectivity index (χ3n) is 4.97. The molecule has 0 aliphatic carbocycles. The van der Waals surface area contributed by atoms with E-state index < -0.39 is 0 Å². The fourth-order valence-electron chi connectivity index (χ4n) is 3.35. The molecule has 1 aromatic heterocycles. The first kappa shape index (κ1) is 23.3. The van der Waals surface area contributed by atoms with Gasteiger partial charge < -0.3 is 4.90 Å². The number of hydrogen-bond donors (Lipinski definition) is 0. The van der Waals surface area contributed by atoms with E-state index in [0.29, 0.717) is 13.0 Å². The van der Waals surface area contributed by atoms with Gasteiger partial charge in [-0.1, -0.05) is 41.2 Å². The second-order valence-electron chi connectivity index (χ2n) is 7.88. The molecule has 29 heavy (non-hydrogen) atoms. The predicted molar refractivity (Wildman–Crippen MR) is 127 cm³/mol. The molecule has 6 heteroatoms. The third kappa shape index (κ3) is 5.56. The summed E-state index contributed by atoms with van der Waals surface area (Å²) in [6.07, 6.45) is 0.398. The molecule has 0 saturated carbocycles. The lowest BCUT2D eigenvalue weighted by Crippen LogP contribution is -2.37. The molecule has 2 aromatic carbocycles. The number of benzene rings is 2. The molecule has 1 amide bonds. The van der Waals surface area contributed by atoms with Crippen molar-refractivity contribution in [3.8, 4) is 0 Å². The van der Waals surface area contributed by atoms with Crippen molar-refractivity contribution >= 4 is 45.0 Å². The Bertz CT molecular complexity index is 1010. The van der Waals surface area contributed by atoms with Gasteiger partial charge in [-0.05, 0) is 70.1 Å². The lowest BCUT2D eigenvalue weighted by atomic mass is 10.0. The average molecular weight is 432 g/mol. The molecule has 0 aliphatic heterocycles. The molecule has 0 saturated heterocycles. The van der Waals surface area contributed by atoms with Gasteiger partial charge >= 0.3 is 0 Å². The SMILES string of the molecule is Cc1ccc(C)c(CC(=O)N(CCN(C)C)c2nc3c(C)cc(C)cc3s2)c1.Cl. The van der Waals surface area contributed by atoms with Crippen LogP contribution in [0, 0.1) is 27.7 Å². The minimum Gasteiger partial charge on any atom is -0.308 e. The first-order valence-electron chi connectivity index (χ1n) is 9.63. The van der Waals surface area contributed by atoms with Gasteiger partial charge in [0, 0.05) is 13.1 Å². The number of nitrogens with zero attached hydrogens (tertiary/aromatic N) is 3. The van der Waals surface area contributed by atoms with Crippen LogP contribution in [-0.2, 0) is 11.2 Å². The van der Waals surface area contributed by atoms with E-state index >= 15 is 0 Å². The number of halogens is 1. The number of aryl methyl sites for hydroxylation is 4. The van der Waals surface area contributed by atoms with Gasteiger partial charge in [-0.15, -0.1) is 12.4 Å². The Morgan fingerprint density at radius 3 is 2.38 bits per heavy atom. The smallest absolute Gasteiger partial charge is 0.233 e. The molecule has 4 nitrogen and oxygen atoms in total. The standard InChI is InChI=1S/C23H29N3OS.ClH/c1-15-7-8-17(3)19(12-15)14-21(27)26(10-9-25(5)6)23-24-22-18(4)11-16(2)13-20(22)28-23;/h7-8,11-13H,9-10,14H2,1-6H3;1H. The minimum absolute atomic E-state index is 0. The Morgan fingerprint density at radius 2 is 1.69 bits per heavy atom. The summed E-state index contributed by atoms with van der Waals surface area (Å²) < 4.78 is 1.14. The summed E-state index contributed by atoms with van der Waals surface area (Å²) >= 11 is 1.61. The minimum atomic E-state index is 0. The van der Waals surface area contributed by atoms with Gasteiger partial charge in [0.05, 0.1) is 16.6 Å². The second-order valence-corrected chi connectivity index (χ2v) is 8.89. The Balaban J connectivity index is 0.00000300. The first-order valence-corrected chi connectivity index (χ1v) is 10.5. The molecule has 0 radical (unpaired) electrons. The summed E-state index contributed by atoms with van der Waals surface area (Å²) in [5.41, 5.74) is 6.81. The van der Waals surface area contributed by atoms with Gasteiger partial charge in [-0.25, -0.2) is 4.98 Å². The van der Waals surface area contributed by atoms with Crippen LogP contribution in [-0.4, -0.2) is 43.0 Å². The van der Waals surface area contributed by atoms with Gasteiger partial charge in [0.15, 0.2) is 5.13 Å². The lowest BCUT2D eigenvalue weighted by molar-refractivity contribution is -0.118. The van der Waals surface area contributed by atoms with Gasteiger partial charge in [0.1, 0.15) is 0 Å². The van der Waals surface area contributed by atoms with Crippen LogP contribution in [0.25, 0.3) is 10.2 Å². The van der Waals surface area contributed by atoms with Crippen LogP contribution in [0.2, 0.25) is 0 Å². The van der Waals surface area contributed by atoms with E-state index in [1.807, 2.05) is 19.0 Å². The van der Waals surface area contributed by atoms with Crippen LogP contribution in [0.3, 0.4) is 0 Å². The third-order valence-corrected chi connectivity index (χ3v) is 5.99. The number of anilines is 1. The van der Waals surface area contributed by atoms with Crippen LogP contribution >= 0.6 is 23.7 Å². The Morgan fingerprint density at radius 1 is 0.966 bits per heavy atom. The highest BCUT2D eigenvalue weighted by molar-refractivity contribution is 7.22. The average Bonchev–Trinajstić information content (AvgIpc) is 3.02. The first-order chi connectivity index (χ1) is 13.2. The summed E-state index contributed by atoms with van der Waals surface area (Å²) in [6, 6.07) is 10.6. The van der Waals surface area contributed by atoms with Crippen LogP contribution in [0.1, 0.15) is 27.8 Å². The zero-order valence-electron chi connectivity index (χ0n) is 18.1. The summed E-state index contributed by atoms with van der Waals surface area (Å²) in [5, 5.41) is 0.792. The summed E-state index contributed by atoms with van der Waals surface area (Å²) in [7, 11) is 4.05. The van der Waals surface area contributed by atoms with Crippen molar-refractivity contribution in [2.45, 2.75) is 34.1 Å². The van der Waals surface area contributed by atoms with Gasteiger partial charge in [0.25, 0.3) is 0 Å². The van der Waals surface area contributed by atoms with E-state index in [2.05, 4.69) is 62.9 Å². The summed E-state index contributed by atoms with van der Waals surface area (Å²) in [5.74, 6) is 0.101. The Kier molecular flexibility index (Phi) is 7.80. The van der Waals surface area contributed by atoms with Crippen molar-refractivity contribution in [1.82, 2.24) is 9.88 Å². The molecule has 3 rings (SSSR count). The zero-order chi connectivity index (χ0) is 20.4. The largest absolute Gasteiger partial charge is 0.308 e. The molecular weight excluding hydrogens is 402 g/mol. The number of fused-ring (bicyclic) bond motifs is 1. The van der Waals surface area contributed by atoms with Crippen molar-refractivity contribution in [1.29, 1.82) is 0 Å². The van der Waals surface area contributed by atoms with Crippen LogP contribution in [0.4, 0.5) is 5.13 Å². The summed E-state index contributed by atoms with van der Waals surface area (Å²) in [6.45, 7) is 9.75. The molecule has 156 valence electrons. The predicted octanol–water partition coefficient (Wildman–Crippen LogP) is 5.09. The summed E-state index contributed by atoms with van der Waals surface area (Å²) in [4.78, 5) is 22.1. The molecule has 0 aliphatic rings. The highest BCUT2D eigenvalue weighted by atomic mass is 35.5. The number of hydrogen-bond acceptors (Lipinski definition) is 4. The maximum Gasteiger partial charge on any atom is 0.233 e. The zero-order valence-corrected chi connectivity index (χ0v) is 19.7. The van der Waals surface area contributed by atoms with Gasteiger partial charge in [-0.2, -0.15) is 0 Å². The fraction of sp³-hybridized carbons (Fsp3) is 0.391. The van der Waals surface area contributed by atoms with E-state index in [1.54, 1.807) is 11.3 Å². The molecule has 0 unspecified atom stereocenters. The molecule has 0 spiro atoms. The number of rotatable bonds is 6. The lowest BCUT2D eigenvalue weighted by Gasteiger charge is -2.22. The fourth-order valence-corrected chi connectivity index (χ4v) is 4.54. The van der Waals surface area contributed by atoms with Crippen molar-refractivity contribution in [3.05, 3.63) is 58.1 Å². The Labute approximate surface area is 184 Å². The van der Waals surface area contributed by atoms with E-state index in [4.69, 9.17) is 4.98 Å². The van der Waals surface area contributed by atoms with Crippen LogP contribution < -0.4 is 4.90 Å². The van der Waals surface area contributed by atoms with Gasteiger partial charge in [-0.3, -0.25) is 9.69 Å². The quantitative estimate of drug-likeness (QED) is 0.545. The highest BCUT2D eigenvalue weighted by Crippen LogP contribution is 2.32. The maximum atomic E-state index is 13.3. The van der Waals surface area contributed by atoms with Crippen LogP contribution in [0.15, 0.2) is 30.3 Å². The second kappa shape index (κ2) is 9.70. The molecule has 0 bridgehead atoms. The number of carbonyl (C=O) groups excluding carboxylic acids is 1. The maximum absolute atomic E-state index is 13.3. The van der Waals surface area contributed by atoms with E-state index in [9.17, 15) is 4.79 Å². The van der Waals surface area contributed by atoms with Crippen molar-refractivity contribution in [3.63, 3.8) is 0 Å². The van der Waals surface area contributed by atoms with Gasteiger partial charge in [0.2, 0.25) is 5.91 Å². The van der Waals surface area contributed by atoms with E-state index in [1.165, 1.54) is 11.1 Å². The number of likely N-dealkylation sites (N-methyl/N-ethyl adjacent to an activating group) is 1. The highest BCUT2D eigenvalue weighted by Gasteiger charge is 2.21. The van der Waals surface area contributed by atoms with E-state index in [0.717, 1.165) is 38.6 Å². The van der Waals surface area contributed by atoms with Crippen LogP contribution in [0.5, 0.6) is 0 Å². The topological polar surface area (TPSA) is 36.4 Å². The number of amides is 1. The van der Waals surface area contributed by atoms with Crippen molar-refractivity contribution < 1.29 is 4.79 Å². The number of thiazole rings is 1. The molecule has 0 N–H and O–H groups in total. The van der Waals surface area contributed by atoms with E-state index in [-0.39, 0.29) is 18.3 Å². The van der Waals surface area contributed by atoms with Crippen molar-refractivity contribution in [2.24, 2.45) is 0 Å². The monoisotopic (exact) mass is 431 g/mol. The number of carbonyl (C=O) groups is 1. The normalized spacial score (nSPS) is 11.0. The van der Waals surface area contributed by atoms with Crippen molar-refractivity contribution in [2.75, 3.05) is 32.1 Å². The molecule has 3 aromatic rings. The number of aromatic nitrogens is 1. The molecular formula is C23H30ClN3OS. The Hall–Kier alpha value is -1.95. The molecule has 0 atom stereocenters. The molecule has 1 heterocycles.